The zero-order valence-electron chi connectivity index (χ0n) is 17.4. The van der Waals surface area contributed by atoms with Gasteiger partial charge in [-0.05, 0) is 80.8 Å². The molecule has 2 amide bonds. The normalized spacial score (nSPS) is 16.6. The molecule has 1 saturated heterocycles. The van der Waals surface area contributed by atoms with Crippen LogP contribution in [0.3, 0.4) is 0 Å². The zero-order chi connectivity index (χ0) is 20.8. The number of aryl methyl sites for hydroxylation is 1. The number of likely N-dealkylation sites (tertiary alicyclic amines) is 1. The molecule has 0 radical (unpaired) electrons. The van der Waals surface area contributed by atoms with Crippen LogP contribution in [0.1, 0.15) is 60.9 Å². The van der Waals surface area contributed by atoms with E-state index in [1.165, 1.54) is 12.8 Å². The largest absolute Gasteiger partial charge is 0.490 e. The average Bonchev–Trinajstić information content (AvgIpc) is 3.47. The maximum atomic E-state index is 12.6. The van der Waals surface area contributed by atoms with Crippen LogP contribution in [0.2, 0.25) is 0 Å². The predicted molar refractivity (Wildman–Crippen MR) is 118 cm³/mol. The van der Waals surface area contributed by atoms with Crippen LogP contribution in [0.4, 0.5) is 5.69 Å². The monoisotopic (exact) mass is 406 g/mol. The van der Waals surface area contributed by atoms with Crippen LogP contribution in [0, 0.1) is 0 Å². The third-order valence-corrected chi connectivity index (χ3v) is 5.93. The number of hydrogen-bond acceptors (Lipinski definition) is 3. The second kappa shape index (κ2) is 9.79. The van der Waals surface area contributed by atoms with Gasteiger partial charge in [-0.25, -0.2) is 0 Å². The van der Waals surface area contributed by atoms with Crippen LogP contribution in [0.5, 0.6) is 5.75 Å². The fourth-order valence-corrected chi connectivity index (χ4v) is 4.29. The quantitative estimate of drug-likeness (QED) is 0.717. The minimum atomic E-state index is -0.0529. The third kappa shape index (κ3) is 5.41. The maximum Gasteiger partial charge on any atom is 0.253 e. The van der Waals surface area contributed by atoms with Crippen molar-refractivity contribution in [1.82, 2.24) is 4.90 Å². The minimum Gasteiger partial charge on any atom is -0.490 e. The van der Waals surface area contributed by atoms with Gasteiger partial charge in [-0.1, -0.05) is 18.2 Å². The second-order valence-electron chi connectivity index (χ2n) is 8.30. The second-order valence-corrected chi connectivity index (χ2v) is 8.30. The van der Waals surface area contributed by atoms with Crippen molar-refractivity contribution in [3.8, 4) is 5.75 Å². The van der Waals surface area contributed by atoms with Gasteiger partial charge in [0.05, 0.1) is 6.10 Å². The highest BCUT2D eigenvalue weighted by Crippen LogP contribution is 2.25. The van der Waals surface area contributed by atoms with Crippen molar-refractivity contribution in [1.29, 1.82) is 0 Å². The van der Waals surface area contributed by atoms with Crippen molar-refractivity contribution in [3.63, 3.8) is 0 Å². The summed E-state index contributed by atoms with van der Waals surface area (Å²) in [7, 11) is 0. The molecule has 0 atom stereocenters. The van der Waals surface area contributed by atoms with Crippen LogP contribution in [-0.4, -0.2) is 35.9 Å². The number of rotatable bonds is 7. The summed E-state index contributed by atoms with van der Waals surface area (Å²) in [5.41, 5.74) is 2.40. The zero-order valence-corrected chi connectivity index (χ0v) is 17.4. The topological polar surface area (TPSA) is 58.6 Å². The summed E-state index contributed by atoms with van der Waals surface area (Å²) < 4.78 is 6.06. The first-order valence-corrected chi connectivity index (χ1v) is 11.1. The molecule has 1 saturated carbocycles. The number of amides is 2. The Morgan fingerprint density at radius 3 is 2.53 bits per heavy atom. The van der Waals surface area contributed by atoms with Gasteiger partial charge in [0.15, 0.2) is 0 Å². The van der Waals surface area contributed by atoms with Gasteiger partial charge >= 0.3 is 0 Å². The molecule has 0 bridgehead atoms. The SMILES string of the molecule is O=C(CCc1cccc(OC2CCCC2)c1)Nc1cccc(C(=O)N2CCCC2)c1. The summed E-state index contributed by atoms with van der Waals surface area (Å²) in [5.74, 6) is 0.887. The van der Waals surface area contributed by atoms with E-state index in [0.717, 1.165) is 50.1 Å². The molecule has 158 valence electrons. The van der Waals surface area contributed by atoms with Crippen molar-refractivity contribution in [2.75, 3.05) is 18.4 Å². The summed E-state index contributed by atoms with van der Waals surface area (Å²) in [5, 5.41) is 2.93. The molecule has 1 aliphatic heterocycles. The molecule has 2 fully saturated rings. The van der Waals surface area contributed by atoms with E-state index in [1.54, 1.807) is 6.07 Å². The van der Waals surface area contributed by atoms with E-state index >= 15 is 0 Å². The molecule has 0 aromatic heterocycles. The van der Waals surface area contributed by atoms with E-state index < -0.39 is 0 Å². The van der Waals surface area contributed by atoms with Crippen molar-refractivity contribution in [2.45, 2.75) is 57.5 Å². The number of ether oxygens (including phenoxy) is 1. The molecule has 2 aliphatic rings. The molecule has 5 heteroatoms. The van der Waals surface area contributed by atoms with Crippen molar-refractivity contribution in [2.24, 2.45) is 0 Å². The van der Waals surface area contributed by atoms with Crippen LogP contribution in [-0.2, 0) is 11.2 Å². The Hall–Kier alpha value is -2.82. The molecule has 0 unspecified atom stereocenters. The first-order chi connectivity index (χ1) is 14.7. The Morgan fingerprint density at radius 2 is 1.73 bits per heavy atom. The summed E-state index contributed by atoms with van der Waals surface area (Å²) in [6, 6.07) is 15.3. The lowest BCUT2D eigenvalue weighted by atomic mass is 10.1. The standard InChI is InChI=1S/C25H30N2O3/c28-24(14-13-19-7-5-12-23(17-19)30-22-10-1-2-11-22)26-21-9-6-8-20(18-21)25(29)27-15-3-4-16-27/h5-9,12,17-18,22H,1-4,10-11,13-16H2,(H,26,28). The number of hydrogen-bond donors (Lipinski definition) is 1. The lowest BCUT2D eigenvalue weighted by Gasteiger charge is -2.16. The number of nitrogens with zero attached hydrogens (tertiary/aromatic N) is 1. The number of nitrogens with one attached hydrogen (secondary N) is 1. The lowest BCUT2D eigenvalue weighted by molar-refractivity contribution is -0.116. The lowest BCUT2D eigenvalue weighted by Crippen LogP contribution is -2.27. The van der Waals surface area contributed by atoms with Gasteiger partial charge in [0.1, 0.15) is 5.75 Å². The van der Waals surface area contributed by atoms with E-state index in [0.29, 0.717) is 30.2 Å². The fraction of sp³-hybridized carbons (Fsp3) is 0.440. The van der Waals surface area contributed by atoms with E-state index in [-0.39, 0.29) is 11.8 Å². The van der Waals surface area contributed by atoms with E-state index in [9.17, 15) is 9.59 Å². The summed E-state index contributed by atoms with van der Waals surface area (Å²) in [6.45, 7) is 1.64. The van der Waals surface area contributed by atoms with Gasteiger partial charge in [-0.15, -0.1) is 0 Å². The maximum absolute atomic E-state index is 12.6. The first kappa shape index (κ1) is 20.5. The molecule has 5 nitrogen and oxygen atoms in total. The summed E-state index contributed by atoms with van der Waals surface area (Å²) in [6.07, 6.45) is 8.25. The summed E-state index contributed by atoms with van der Waals surface area (Å²) >= 11 is 0. The van der Waals surface area contributed by atoms with Crippen LogP contribution in [0.25, 0.3) is 0 Å². The molecule has 30 heavy (non-hydrogen) atoms. The highest BCUT2D eigenvalue weighted by molar-refractivity contribution is 5.97. The number of carbonyl (C=O) groups excluding carboxylic acids is 2. The Kier molecular flexibility index (Phi) is 6.67. The smallest absolute Gasteiger partial charge is 0.253 e. The molecular formula is C25H30N2O3. The van der Waals surface area contributed by atoms with Gasteiger partial charge < -0.3 is 15.0 Å². The van der Waals surface area contributed by atoms with Crippen molar-refractivity contribution in [3.05, 3.63) is 59.7 Å². The van der Waals surface area contributed by atoms with Crippen LogP contribution < -0.4 is 10.1 Å². The molecule has 1 heterocycles. The van der Waals surface area contributed by atoms with Gasteiger partial charge in [-0.2, -0.15) is 0 Å². The predicted octanol–water partition coefficient (Wildman–Crippen LogP) is 4.82. The van der Waals surface area contributed by atoms with E-state index in [2.05, 4.69) is 5.32 Å². The summed E-state index contributed by atoms with van der Waals surface area (Å²) in [4.78, 5) is 26.9. The average molecular weight is 407 g/mol. The van der Waals surface area contributed by atoms with Crippen LogP contribution in [0.15, 0.2) is 48.5 Å². The fourth-order valence-electron chi connectivity index (χ4n) is 4.29. The highest BCUT2D eigenvalue weighted by Gasteiger charge is 2.20. The van der Waals surface area contributed by atoms with Gasteiger partial charge in [-0.3, -0.25) is 9.59 Å². The number of carbonyl (C=O) groups is 2. The molecule has 2 aromatic carbocycles. The Morgan fingerprint density at radius 1 is 0.967 bits per heavy atom. The van der Waals surface area contributed by atoms with Gasteiger partial charge in [0.2, 0.25) is 5.91 Å². The molecular weight excluding hydrogens is 376 g/mol. The minimum absolute atomic E-state index is 0.0441. The molecule has 0 spiro atoms. The molecule has 1 aliphatic carbocycles. The molecule has 4 rings (SSSR count). The van der Waals surface area contributed by atoms with E-state index in [4.69, 9.17) is 4.74 Å². The van der Waals surface area contributed by atoms with E-state index in [1.807, 2.05) is 47.4 Å². The highest BCUT2D eigenvalue weighted by atomic mass is 16.5. The number of anilines is 1. The van der Waals surface area contributed by atoms with Crippen LogP contribution >= 0.6 is 0 Å². The van der Waals surface area contributed by atoms with Gasteiger partial charge in [0.25, 0.3) is 5.91 Å². The van der Waals surface area contributed by atoms with Crippen molar-refractivity contribution >= 4 is 17.5 Å². The number of benzene rings is 2. The molecule has 2 aromatic rings. The third-order valence-electron chi connectivity index (χ3n) is 5.93. The van der Waals surface area contributed by atoms with Crippen molar-refractivity contribution < 1.29 is 14.3 Å². The Balaban J connectivity index is 1.29. The first-order valence-electron chi connectivity index (χ1n) is 11.1. The Bertz CT molecular complexity index is 883. The van der Waals surface area contributed by atoms with Gasteiger partial charge in [0, 0.05) is 30.8 Å². The Labute approximate surface area is 178 Å². The molecule has 1 N–H and O–H groups in total.